The van der Waals surface area contributed by atoms with Crippen molar-refractivity contribution in [1.82, 2.24) is 20.2 Å². The maximum Gasteiger partial charge on any atom is 0.378 e. The number of hydrogen-bond acceptors (Lipinski definition) is 6. The molecule has 1 aromatic carbocycles. The number of rotatable bonds is 4. The van der Waals surface area contributed by atoms with E-state index in [0.717, 1.165) is 12.0 Å². The number of carbonyl (C=O) groups is 1. The van der Waals surface area contributed by atoms with E-state index in [2.05, 4.69) is 21.6 Å². The van der Waals surface area contributed by atoms with E-state index in [4.69, 9.17) is 9.47 Å². The number of benzene rings is 1. The Bertz CT molecular complexity index is 641. The lowest BCUT2D eigenvalue weighted by Gasteiger charge is -2.25. The topological polar surface area (TPSA) is 79.1 Å². The lowest BCUT2D eigenvalue weighted by molar-refractivity contribution is 0.0257. The number of carbonyl (C=O) groups excluding carboxylic acids is 1. The van der Waals surface area contributed by atoms with E-state index < -0.39 is 5.97 Å². The fraction of sp³-hybridized carbons (Fsp3) is 0.429. The molecular formula is C14H16N4O3. The van der Waals surface area contributed by atoms with Gasteiger partial charge in [0, 0.05) is 0 Å². The van der Waals surface area contributed by atoms with Crippen molar-refractivity contribution < 1.29 is 14.3 Å². The summed E-state index contributed by atoms with van der Waals surface area (Å²) in [5.41, 5.74) is 2.38. The zero-order chi connectivity index (χ0) is 14.7. The first-order chi connectivity index (χ1) is 10.3. The van der Waals surface area contributed by atoms with Crippen molar-refractivity contribution in [1.29, 1.82) is 0 Å². The fourth-order valence-corrected chi connectivity index (χ4v) is 2.45. The number of ether oxygens (including phenoxy) is 2. The van der Waals surface area contributed by atoms with Crippen LogP contribution in [0.3, 0.4) is 0 Å². The zero-order valence-corrected chi connectivity index (χ0v) is 11.7. The largest absolute Gasteiger partial charge is 0.460 e. The first-order valence-corrected chi connectivity index (χ1v) is 6.92. The third-order valence-corrected chi connectivity index (χ3v) is 3.42. The van der Waals surface area contributed by atoms with Crippen molar-refractivity contribution in [2.45, 2.75) is 26.0 Å². The van der Waals surface area contributed by atoms with Gasteiger partial charge in [0.25, 0.3) is 5.82 Å². The number of nitrogens with zero attached hydrogens (tertiary/aromatic N) is 4. The van der Waals surface area contributed by atoms with Crippen molar-refractivity contribution in [3.8, 4) is 0 Å². The minimum Gasteiger partial charge on any atom is -0.460 e. The molecule has 3 rings (SSSR count). The summed E-state index contributed by atoms with van der Waals surface area (Å²) in [6.07, 6.45) is 0.735. The van der Waals surface area contributed by atoms with Crippen LogP contribution in [-0.4, -0.2) is 39.4 Å². The second-order valence-corrected chi connectivity index (χ2v) is 4.71. The summed E-state index contributed by atoms with van der Waals surface area (Å²) in [4.78, 5) is 11.8. The van der Waals surface area contributed by atoms with E-state index in [1.807, 2.05) is 18.2 Å². The highest BCUT2D eigenvalue weighted by Gasteiger charge is 2.24. The van der Waals surface area contributed by atoms with Crippen molar-refractivity contribution >= 4 is 5.97 Å². The summed E-state index contributed by atoms with van der Waals surface area (Å²) in [6.45, 7) is 3.07. The molecule has 7 nitrogen and oxygen atoms in total. The molecule has 0 aliphatic carbocycles. The number of fused-ring (bicyclic) bond motifs is 1. The predicted molar refractivity (Wildman–Crippen MR) is 72.6 cm³/mol. The Morgan fingerprint density at radius 1 is 1.48 bits per heavy atom. The molecule has 0 radical (unpaired) electrons. The molecule has 1 aliphatic heterocycles. The summed E-state index contributed by atoms with van der Waals surface area (Å²) in [5, 5.41) is 11.1. The number of tetrazole rings is 1. The van der Waals surface area contributed by atoms with Crippen molar-refractivity contribution in [3.05, 3.63) is 41.2 Å². The van der Waals surface area contributed by atoms with Crippen LogP contribution < -0.4 is 0 Å². The molecule has 1 atom stereocenters. The maximum absolute atomic E-state index is 11.8. The summed E-state index contributed by atoms with van der Waals surface area (Å²) in [6, 6.07) is 8.12. The Balaban J connectivity index is 1.82. The van der Waals surface area contributed by atoms with Gasteiger partial charge >= 0.3 is 5.97 Å². The summed E-state index contributed by atoms with van der Waals surface area (Å²) in [5.74, 6) is -0.421. The standard InChI is InChI=1S/C14H16N4O3/c1-2-20-14(19)13-15-16-17-18(13)9-12-11-6-4-3-5-10(11)7-8-21-12/h3-6,12H,2,7-9H2,1H3. The van der Waals surface area contributed by atoms with Gasteiger partial charge in [-0.15, -0.1) is 5.10 Å². The van der Waals surface area contributed by atoms with Crippen LogP contribution in [0.4, 0.5) is 0 Å². The molecule has 1 aromatic heterocycles. The van der Waals surface area contributed by atoms with Crippen LogP contribution >= 0.6 is 0 Å². The first kappa shape index (κ1) is 13.7. The van der Waals surface area contributed by atoms with Crippen LogP contribution in [0.15, 0.2) is 24.3 Å². The van der Waals surface area contributed by atoms with Crippen LogP contribution in [0, 0.1) is 0 Å². The SMILES string of the molecule is CCOC(=O)c1nnnn1CC1OCCc2ccccc21. The van der Waals surface area contributed by atoms with E-state index in [0.29, 0.717) is 13.2 Å². The van der Waals surface area contributed by atoms with Crippen molar-refractivity contribution in [2.24, 2.45) is 0 Å². The van der Waals surface area contributed by atoms with E-state index >= 15 is 0 Å². The molecule has 2 heterocycles. The van der Waals surface area contributed by atoms with Gasteiger partial charge in [0.2, 0.25) is 0 Å². The van der Waals surface area contributed by atoms with E-state index in [1.165, 1.54) is 10.2 Å². The first-order valence-electron chi connectivity index (χ1n) is 6.92. The number of esters is 1. The predicted octanol–water partition coefficient (Wildman–Crippen LogP) is 1.16. The third kappa shape index (κ3) is 2.78. The summed E-state index contributed by atoms with van der Waals surface area (Å²) < 4.78 is 12.2. The molecule has 7 heteroatoms. The van der Waals surface area contributed by atoms with Gasteiger partial charge in [-0.3, -0.25) is 0 Å². The van der Waals surface area contributed by atoms with Gasteiger partial charge in [0.05, 0.1) is 19.8 Å². The van der Waals surface area contributed by atoms with Gasteiger partial charge in [-0.05, 0) is 34.9 Å². The molecule has 0 fully saturated rings. The van der Waals surface area contributed by atoms with Crippen LogP contribution in [-0.2, 0) is 22.4 Å². The average molecular weight is 288 g/mol. The normalized spacial score (nSPS) is 17.3. The van der Waals surface area contributed by atoms with Crippen LogP contribution in [0.2, 0.25) is 0 Å². The zero-order valence-electron chi connectivity index (χ0n) is 11.7. The van der Waals surface area contributed by atoms with Gasteiger partial charge < -0.3 is 9.47 Å². The Morgan fingerprint density at radius 3 is 3.19 bits per heavy atom. The second kappa shape index (κ2) is 6.01. The molecule has 0 saturated carbocycles. The molecule has 110 valence electrons. The lowest BCUT2D eigenvalue weighted by Crippen LogP contribution is -2.23. The van der Waals surface area contributed by atoms with E-state index in [-0.39, 0.29) is 18.5 Å². The van der Waals surface area contributed by atoms with Gasteiger partial charge in [-0.2, -0.15) is 0 Å². The summed E-state index contributed by atoms with van der Waals surface area (Å²) in [7, 11) is 0. The molecule has 21 heavy (non-hydrogen) atoms. The Hall–Kier alpha value is -2.28. The fourth-order valence-electron chi connectivity index (χ4n) is 2.45. The lowest BCUT2D eigenvalue weighted by atomic mass is 9.97. The Kier molecular flexibility index (Phi) is 3.92. The average Bonchev–Trinajstić information content (AvgIpc) is 2.96. The van der Waals surface area contributed by atoms with E-state index in [9.17, 15) is 4.79 Å². The van der Waals surface area contributed by atoms with Crippen molar-refractivity contribution in [3.63, 3.8) is 0 Å². The third-order valence-electron chi connectivity index (χ3n) is 3.42. The molecular weight excluding hydrogens is 272 g/mol. The molecule has 0 amide bonds. The van der Waals surface area contributed by atoms with Crippen LogP contribution in [0.5, 0.6) is 0 Å². The highest BCUT2D eigenvalue weighted by molar-refractivity contribution is 5.85. The minimum absolute atomic E-state index is 0.100. The summed E-state index contributed by atoms with van der Waals surface area (Å²) >= 11 is 0. The Labute approximate surface area is 121 Å². The van der Waals surface area contributed by atoms with Gasteiger partial charge in [0.15, 0.2) is 0 Å². The van der Waals surface area contributed by atoms with Crippen molar-refractivity contribution in [2.75, 3.05) is 13.2 Å². The quantitative estimate of drug-likeness (QED) is 0.786. The molecule has 0 bridgehead atoms. The number of aromatic nitrogens is 4. The molecule has 0 spiro atoms. The van der Waals surface area contributed by atoms with Crippen LogP contribution in [0.25, 0.3) is 0 Å². The number of hydrogen-bond donors (Lipinski definition) is 0. The molecule has 1 unspecified atom stereocenters. The molecule has 2 aromatic rings. The molecule has 1 aliphatic rings. The highest BCUT2D eigenvalue weighted by atomic mass is 16.5. The van der Waals surface area contributed by atoms with Gasteiger partial charge in [-0.1, -0.05) is 24.3 Å². The monoisotopic (exact) mass is 288 g/mol. The smallest absolute Gasteiger partial charge is 0.378 e. The molecule has 0 N–H and O–H groups in total. The van der Waals surface area contributed by atoms with Gasteiger partial charge in [0.1, 0.15) is 6.10 Å². The molecule has 0 saturated heterocycles. The highest BCUT2D eigenvalue weighted by Crippen LogP contribution is 2.28. The Morgan fingerprint density at radius 2 is 2.33 bits per heavy atom. The van der Waals surface area contributed by atoms with Crippen LogP contribution in [0.1, 0.15) is 34.8 Å². The van der Waals surface area contributed by atoms with E-state index in [1.54, 1.807) is 6.92 Å². The van der Waals surface area contributed by atoms with Gasteiger partial charge in [-0.25, -0.2) is 9.48 Å². The minimum atomic E-state index is -0.522. The maximum atomic E-state index is 11.8. The second-order valence-electron chi connectivity index (χ2n) is 4.71.